The molecule has 1 aromatic heterocycles. The lowest BCUT2D eigenvalue weighted by atomic mass is 10.1. The van der Waals surface area contributed by atoms with Crippen molar-refractivity contribution in [2.24, 2.45) is 0 Å². The molecule has 4 heteroatoms. The lowest BCUT2D eigenvalue weighted by molar-refractivity contribution is 0.578. The minimum atomic E-state index is 0.916. The van der Waals surface area contributed by atoms with Gasteiger partial charge in [0.05, 0.1) is 5.69 Å². The summed E-state index contributed by atoms with van der Waals surface area (Å²) in [6, 6.07) is 23.3. The molecule has 1 aliphatic heterocycles. The average molecular weight is 362 g/mol. The highest BCUT2D eigenvalue weighted by molar-refractivity contribution is 7.98. The first-order valence-corrected chi connectivity index (χ1v) is 10.2. The number of nitrogens with zero attached hydrogens (tertiary/aromatic N) is 3. The summed E-state index contributed by atoms with van der Waals surface area (Å²) in [7, 11) is 0. The molecule has 0 bridgehead atoms. The maximum Gasteiger partial charge on any atom is 0.119 e. The Bertz CT molecular complexity index is 810. The number of hydrogen-bond donors (Lipinski definition) is 0. The summed E-state index contributed by atoms with van der Waals surface area (Å²) in [6.07, 6.45) is 3.96. The molecule has 132 valence electrons. The fraction of sp³-hybridized carbons (Fsp3) is 0.273. The van der Waals surface area contributed by atoms with Crippen LogP contribution in [-0.4, -0.2) is 23.3 Å². The molecule has 4 rings (SSSR count). The molecule has 0 spiro atoms. The van der Waals surface area contributed by atoms with Gasteiger partial charge in [0.2, 0.25) is 0 Å². The summed E-state index contributed by atoms with van der Waals surface area (Å²) in [5.41, 5.74) is 4.67. The topological polar surface area (TPSA) is 29.0 Å². The second-order valence-corrected chi connectivity index (χ2v) is 7.62. The van der Waals surface area contributed by atoms with Crippen LogP contribution in [0.2, 0.25) is 0 Å². The molecule has 1 saturated heterocycles. The highest BCUT2D eigenvalue weighted by Gasteiger charge is 2.11. The SMILES string of the molecule is c1ccc(CSc2ccc(-c3ccc(N4CCCCC4)cc3)nn2)cc1. The van der Waals surface area contributed by atoms with Crippen LogP contribution in [-0.2, 0) is 5.75 Å². The molecule has 0 radical (unpaired) electrons. The Labute approximate surface area is 159 Å². The number of thioether (sulfide) groups is 1. The predicted octanol–water partition coefficient (Wildman–Crippen LogP) is 5.43. The Morgan fingerprint density at radius 2 is 1.54 bits per heavy atom. The molecule has 1 aliphatic rings. The highest BCUT2D eigenvalue weighted by atomic mass is 32.2. The van der Waals surface area contributed by atoms with Crippen molar-refractivity contribution in [1.29, 1.82) is 0 Å². The average Bonchev–Trinajstić information content (AvgIpc) is 2.74. The number of anilines is 1. The maximum absolute atomic E-state index is 4.42. The summed E-state index contributed by atoms with van der Waals surface area (Å²) in [4.78, 5) is 2.47. The molecule has 2 heterocycles. The van der Waals surface area contributed by atoms with E-state index >= 15 is 0 Å². The van der Waals surface area contributed by atoms with Crippen LogP contribution in [0.5, 0.6) is 0 Å². The predicted molar refractivity (Wildman–Crippen MR) is 110 cm³/mol. The standard InChI is InChI=1S/C22H23N3S/c1-3-7-18(8-4-1)17-26-22-14-13-21(23-24-22)19-9-11-20(12-10-19)25-15-5-2-6-16-25/h1,3-4,7-14H,2,5-6,15-17H2. The van der Waals surface area contributed by atoms with Crippen LogP contribution < -0.4 is 4.90 Å². The van der Waals surface area contributed by atoms with Crippen molar-refractivity contribution in [1.82, 2.24) is 10.2 Å². The van der Waals surface area contributed by atoms with E-state index in [1.54, 1.807) is 11.8 Å². The van der Waals surface area contributed by atoms with E-state index < -0.39 is 0 Å². The third-order valence-electron chi connectivity index (χ3n) is 4.75. The first-order valence-electron chi connectivity index (χ1n) is 9.24. The van der Waals surface area contributed by atoms with Crippen LogP contribution >= 0.6 is 11.8 Å². The van der Waals surface area contributed by atoms with Gasteiger partial charge in [-0.15, -0.1) is 10.2 Å². The van der Waals surface area contributed by atoms with Gasteiger partial charge in [0.25, 0.3) is 0 Å². The number of benzene rings is 2. The van der Waals surface area contributed by atoms with Crippen molar-refractivity contribution in [3.05, 3.63) is 72.3 Å². The number of piperidine rings is 1. The maximum atomic E-state index is 4.42. The van der Waals surface area contributed by atoms with Crippen LogP contribution in [0.1, 0.15) is 24.8 Å². The Hall–Kier alpha value is -2.33. The Morgan fingerprint density at radius 1 is 0.769 bits per heavy atom. The molecule has 3 aromatic rings. The van der Waals surface area contributed by atoms with Gasteiger partial charge in [0.1, 0.15) is 5.03 Å². The largest absolute Gasteiger partial charge is 0.372 e. The fourth-order valence-corrected chi connectivity index (χ4v) is 4.05. The Kier molecular flexibility index (Phi) is 5.50. The molecule has 0 unspecified atom stereocenters. The molecule has 2 aromatic carbocycles. The number of hydrogen-bond acceptors (Lipinski definition) is 4. The lowest BCUT2D eigenvalue weighted by Crippen LogP contribution is -2.29. The molecule has 0 atom stereocenters. The summed E-state index contributed by atoms with van der Waals surface area (Å²) in [5, 5.41) is 9.76. The van der Waals surface area contributed by atoms with Gasteiger partial charge < -0.3 is 4.90 Å². The van der Waals surface area contributed by atoms with E-state index in [2.05, 4.69) is 75.8 Å². The van der Waals surface area contributed by atoms with E-state index in [9.17, 15) is 0 Å². The summed E-state index contributed by atoms with van der Waals surface area (Å²) in [6.45, 7) is 2.35. The second kappa shape index (κ2) is 8.37. The van der Waals surface area contributed by atoms with Gasteiger partial charge in [0, 0.05) is 30.1 Å². The van der Waals surface area contributed by atoms with E-state index in [1.165, 1.54) is 43.6 Å². The van der Waals surface area contributed by atoms with Crippen molar-refractivity contribution in [3.8, 4) is 11.3 Å². The Morgan fingerprint density at radius 3 is 2.23 bits per heavy atom. The molecule has 0 N–H and O–H groups in total. The quantitative estimate of drug-likeness (QED) is 0.567. The number of rotatable bonds is 5. The molecular weight excluding hydrogens is 338 g/mol. The third-order valence-corrected chi connectivity index (χ3v) is 5.75. The molecular formula is C22H23N3S. The van der Waals surface area contributed by atoms with Gasteiger partial charge in [-0.25, -0.2) is 0 Å². The third kappa shape index (κ3) is 4.25. The van der Waals surface area contributed by atoms with E-state index in [1.807, 2.05) is 6.07 Å². The monoisotopic (exact) mass is 361 g/mol. The lowest BCUT2D eigenvalue weighted by Gasteiger charge is -2.28. The zero-order valence-corrected chi connectivity index (χ0v) is 15.7. The van der Waals surface area contributed by atoms with Gasteiger partial charge in [-0.1, -0.05) is 54.2 Å². The smallest absolute Gasteiger partial charge is 0.119 e. The zero-order chi connectivity index (χ0) is 17.6. The first-order chi connectivity index (χ1) is 12.9. The van der Waals surface area contributed by atoms with Crippen LogP contribution in [0.25, 0.3) is 11.3 Å². The molecule has 26 heavy (non-hydrogen) atoms. The summed E-state index contributed by atoms with van der Waals surface area (Å²) >= 11 is 1.72. The zero-order valence-electron chi connectivity index (χ0n) is 14.8. The summed E-state index contributed by atoms with van der Waals surface area (Å²) < 4.78 is 0. The molecule has 0 amide bonds. The number of aromatic nitrogens is 2. The molecule has 3 nitrogen and oxygen atoms in total. The highest BCUT2D eigenvalue weighted by Crippen LogP contribution is 2.25. The van der Waals surface area contributed by atoms with Crippen molar-refractivity contribution < 1.29 is 0 Å². The van der Waals surface area contributed by atoms with Crippen molar-refractivity contribution >= 4 is 17.4 Å². The van der Waals surface area contributed by atoms with E-state index in [0.29, 0.717) is 0 Å². The normalized spacial score (nSPS) is 14.4. The first kappa shape index (κ1) is 17.1. The van der Waals surface area contributed by atoms with Crippen LogP contribution in [0, 0.1) is 0 Å². The Balaban J connectivity index is 1.40. The van der Waals surface area contributed by atoms with Crippen LogP contribution in [0.4, 0.5) is 5.69 Å². The molecule has 0 aliphatic carbocycles. The molecule has 0 saturated carbocycles. The van der Waals surface area contributed by atoms with Gasteiger partial charge in [-0.3, -0.25) is 0 Å². The van der Waals surface area contributed by atoms with Gasteiger partial charge in [-0.2, -0.15) is 0 Å². The second-order valence-electron chi connectivity index (χ2n) is 6.63. The van der Waals surface area contributed by atoms with Gasteiger partial charge in [0.15, 0.2) is 0 Å². The van der Waals surface area contributed by atoms with E-state index in [0.717, 1.165) is 22.0 Å². The van der Waals surface area contributed by atoms with Crippen LogP contribution in [0.15, 0.2) is 71.8 Å². The minimum Gasteiger partial charge on any atom is -0.372 e. The van der Waals surface area contributed by atoms with Crippen molar-refractivity contribution in [3.63, 3.8) is 0 Å². The van der Waals surface area contributed by atoms with E-state index in [-0.39, 0.29) is 0 Å². The van der Waals surface area contributed by atoms with Crippen molar-refractivity contribution in [2.45, 2.75) is 30.0 Å². The molecule has 1 fully saturated rings. The fourth-order valence-electron chi connectivity index (χ4n) is 3.28. The summed E-state index contributed by atoms with van der Waals surface area (Å²) in [5.74, 6) is 0.916. The van der Waals surface area contributed by atoms with Gasteiger partial charge in [-0.05, 0) is 49.1 Å². The van der Waals surface area contributed by atoms with E-state index in [4.69, 9.17) is 0 Å². The van der Waals surface area contributed by atoms with Crippen molar-refractivity contribution in [2.75, 3.05) is 18.0 Å². The van der Waals surface area contributed by atoms with Gasteiger partial charge >= 0.3 is 0 Å². The minimum absolute atomic E-state index is 0.916. The van der Waals surface area contributed by atoms with Crippen LogP contribution in [0.3, 0.4) is 0 Å².